The van der Waals surface area contributed by atoms with Crippen molar-refractivity contribution in [3.05, 3.63) is 0 Å². The molecule has 6 heteroatoms. The monoisotopic (exact) mass is 439 g/mol. The molecule has 2 atom stereocenters. The average molecular weight is 440 g/mol. The quantitative estimate of drug-likeness (QED) is 0.524. The molecule has 2 aliphatic heterocycles. The van der Waals surface area contributed by atoms with Gasteiger partial charge in [-0.05, 0) is 106 Å². The minimum atomic E-state index is -0.510. The number of carbonyl (C=O) groups is 2. The van der Waals surface area contributed by atoms with Crippen LogP contribution in [0.1, 0.15) is 94.4 Å². The lowest BCUT2D eigenvalue weighted by molar-refractivity contribution is -0.185. The second-order valence-corrected chi connectivity index (χ2v) is 12.5. The zero-order chi connectivity index (χ0) is 23.8. The Labute approximate surface area is 189 Å². The first-order chi connectivity index (χ1) is 13.9. The molecule has 2 aliphatic rings. The Bertz CT molecular complexity index is 645. The van der Waals surface area contributed by atoms with Gasteiger partial charge in [0.2, 0.25) is 0 Å². The van der Waals surface area contributed by atoms with E-state index >= 15 is 0 Å². The number of hydrogen-bond acceptors (Lipinski definition) is 5. The number of ether oxygens (including phenoxy) is 3. The van der Waals surface area contributed by atoms with Crippen molar-refractivity contribution < 1.29 is 23.8 Å². The van der Waals surface area contributed by atoms with Crippen molar-refractivity contribution in [1.29, 1.82) is 0 Å². The van der Waals surface area contributed by atoms with Crippen LogP contribution in [-0.4, -0.2) is 53.0 Å². The van der Waals surface area contributed by atoms with Crippen molar-refractivity contribution in [2.24, 2.45) is 17.8 Å². The molecule has 0 spiro atoms. The van der Waals surface area contributed by atoms with Crippen molar-refractivity contribution in [2.45, 2.75) is 117 Å². The van der Waals surface area contributed by atoms with Crippen molar-refractivity contribution in [3.63, 3.8) is 0 Å². The first kappa shape index (κ1) is 26.0. The molecule has 0 radical (unpaired) electrons. The van der Waals surface area contributed by atoms with Crippen LogP contribution in [0.4, 0.5) is 4.79 Å². The number of rotatable bonds is 5. The lowest BCUT2D eigenvalue weighted by Gasteiger charge is -2.47. The molecule has 2 heterocycles. The van der Waals surface area contributed by atoms with Crippen molar-refractivity contribution in [2.75, 3.05) is 13.7 Å². The molecule has 0 saturated carbocycles. The average Bonchev–Trinajstić information content (AvgIpc) is 2.85. The maximum atomic E-state index is 12.7. The van der Waals surface area contributed by atoms with E-state index < -0.39 is 5.60 Å². The number of likely N-dealkylation sites (tertiary alicyclic amines) is 1. The fourth-order valence-corrected chi connectivity index (χ4v) is 5.78. The van der Waals surface area contributed by atoms with Crippen LogP contribution in [0, 0.1) is 17.8 Å². The Balaban J connectivity index is 2.07. The normalized spacial score (nSPS) is 26.4. The molecule has 0 N–H and O–H groups in total. The van der Waals surface area contributed by atoms with Crippen LogP contribution in [0.5, 0.6) is 0 Å². The van der Waals surface area contributed by atoms with Gasteiger partial charge >= 0.3 is 12.1 Å². The summed E-state index contributed by atoms with van der Waals surface area (Å²) in [4.78, 5) is 27.3. The molecule has 0 aromatic heterocycles. The van der Waals surface area contributed by atoms with Gasteiger partial charge in [-0.3, -0.25) is 4.79 Å². The van der Waals surface area contributed by atoms with Gasteiger partial charge < -0.3 is 19.1 Å². The Morgan fingerprint density at radius 2 is 1.58 bits per heavy atom. The Hall–Kier alpha value is -1.30. The molecular formula is C25H45NO5. The summed E-state index contributed by atoms with van der Waals surface area (Å²) in [6.45, 7) is 19.0. The van der Waals surface area contributed by atoms with Crippen LogP contribution in [0.2, 0.25) is 0 Å². The molecular weight excluding hydrogens is 394 g/mol. The fraction of sp³-hybridized carbons (Fsp3) is 0.920. The smallest absolute Gasteiger partial charge is 0.410 e. The van der Waals surface area contributed by atoms with E-state index in [9.17, 15) is 9.59 Å². The van der Waals surface area contributed by atoms with Crippen molar-refractivity contribution in [1.82, 2.24) is 4.90 Å². The van der Waals surface area contributed by atoms with Crippen molar-refractivity contribution >= 4 is 12.1 Å². The second-order valence-electron chi connectivity index (χ2n) is 12.5. The van der Waals surface area contributed by atoms with Crippen LogP contribution in [0.15, 0.2) is 0 Å². The van der Waals surface area contributed by atoms with Gasteiger partial charge in [0, 0.05) is 12.1 Å². The minimum absolute atomic E-state index is 0.125. The third-order valence-corrected chi connectivity index (χ3v) is 6.59. The standard InChI is InChI=1S/C25H45NO5/c1-22(2,3)30-21(28)26-16-17(13-23(26,4)5)11-12-19(20(27)29-10)18-14-24(6,7)31-25(8,9)15-18/h17-19H,11-16H2,1-10H3/t17-,19?/m0/s1. The third kappa shape index (κ3) is 7.10. The zero-order valence-corrected chi connectivity index (χ0v) is 21.5. The predicted molar refractivity (Wildman–Crippen MR) is 122 cm³/mol. The summed E-state index contributed by atoms with van der Waals surface area (Å²) >= 11 is 0. The molecule has 2 saturated heterocycles. The number of amides is 1. The van der Waals surface area contributed by atoms with E-state index in [0.717, 1.165) is 32.1 Å². The Kier molecular flexibility index (Phi) is 7.46. The third-order valence-electron chi connectivity index (χ3n) is 6.59. The second kappa shape index (κ2) is 8.92. The summed E-state index contributed by atoms with van der Waals surface area (Å²) < 4.78 is 17.1. The SMILES string of the molecule is COC(=O)C(CC[C@@H]1CN(C(=O)OC(C)(C)C)C(C)(C)C1)C1CC(C)(C)OC(C)(C)C1. The summed E-state index contributed by atoms with van der Waals surface area (Å²) in [6, 6.07) is 0. The summed E-state index contributed by atoms with van der Waals surface area (Å²) in [7, 11) is 1.48. The van der Waals surface area contributed by atoms with Gasteiger partial charge in [-0.2, -0.15) is 0 Å². The summed E-state index contributed by atoms with van der Waals surface area (Å²) in [5.41, 5.74) is -1.29. The van der Waals surface area contributed by atoms with E-state index in [1.54, 1.807) is 0 Å². The topological polar surface area (TPSA) is 65.1 Å². The highest BCUT2D eigenvalue weighted by Crippen LogP contribution is 2.44. The first-order valence-corrected chi connectivity index (χ1v) is 11.7. The number of nitrogens with zero attached hydrogens (tertiary/aromatic N) is 1. The van der Waals surface area contributed by atoms with Gasteiger partial charge in [0.25, 0.3) is 0 Å². The largest absolute Gasteiger partial charge is 0.469 e. The molecule has 1 unspecified atom stereocenters. The number of esters is 1. The van der Waals surface area contributed by atoms with Gasteiger partial charge in [-0.15, -0.1) is 0 Å². The van der Waals surface area contributed by atoms with Crippen LogP contribution < -0.4 is 0 Å². The lowest BCUT2D eigenvalue weighted by Crippen LogP contribution is -2.48. The van der Waals surface area contributed by atoms with E-state index in [2.05, 4.69) is 41.5 Å². The molecule has 6 nitrogen and oxygen atoms in total. The highest BCUT2D eigenvalue weighted by molar-refractivity contribution is 5.72. The Morgan fingerprint density at radius 3 is 2.06 bits per heavy atom. The number of carbonyl (C=O) groups excluding carboxylic acids is 2. The van der Waals surface area contributed by atoms with Gasteiger partial charge in [-0.25, -0.2) is 4.79 Å². The lowest BCUT2D eigenvalue weighted by atomic mass is 9.72. The van der Waals surface area contributed by atoms with Gasteiger partial charge in [0.05, 0.1) is 24.2 Å². The van der Waals surface area contributed by atoms with Crippen LogP contribution in [-0.2, 0) is 19.0 Å². The first-order valence-electron chi connectivity index (χ1n) is 11.7. The van der Waals surface area contributed by atoms with E-state index in [1.807, 2.05) is 25.7 Å². The van der Waals surface area contributed by atoms with E-state index in [0.29, 0.717) is 12.5 Å². The maximum absolute atomic E-state index is 12.7. The van der Waals surface area contributed by atoms with Crippen LogP contribution >= 0.6 is 0 Å². The fourth-order valence-electron chi connectivity index (χ4n) is 5.78. The number of hydrogen-bond donors (Lipinski definition) is 0. The minimum Gasteiger partial charge on any atom is -0.469 e. The molecule has 31 heavy (non-hydrogen) atoms. The van der Waals surface area contributed by atoms with E-state index in [-0.39, 0.29) is 40.6 Å². The summed E-state index contributed by atoms with van der Waals surface area (Å²) in [5, 5.41) is 0. The molecule has 0 aromatic carbocycles. The molecule has 1 amide bonds. The van der Waals surface area contributed by atoms with Gasteiger partial charge in [0.15, 0.2) is 0 Å². The van der Waals surface area contributed by atoms with Crippen molar-refractivity contribution in [3.8, 4) is 0 Å². The molecule has 180 valence electrons. The maximum Gasteiger partial charge on any atom is 0.410 e. The van der Waals surface area contributed by atoms with Crippen LogP contribution in [0.25, 0.3) is 0 Å². The number of methoxy groups -OCH3 is 1. The predicted octanol–water partition coefficient (Wildman–Crippen LogP) is 5.58. The Morgan fingerprint density at radius 1 is 1.03 bits per heavy atom. The molecule has 0 bridgehead atoms. The molecule has 2 fully saturated rings. The van der Waals surface area contributed by atoms with Crippen LogP contribution in [0.3, 0.4) is 0 Å². The van der Waals surface area contributed by atoms with Gasteiger partial charge in [0.1, 0.15) is 5.60 Å². The molecule has 0 aromatic rings. The molecule has 0 aliphatic carbocycles. The summed E-state index contributed by atoms with van der Waals surface area (Å²) in [6.07, 6.45) is 4.00. The van der Waals surface area contributed by atoms with E-state index in [1.165, 1.54) is 7.11 Å². The van der Waals surface area contributed by atoms with Gasteiger partial charge in [-0.1, -0.05) is 0 Å². The summed E-state index contributed by atoms with van der Waals surface area (Å²) in [5.74, 6) is 0.295. The van der Waals surface area contributed by atoms with E-state index in [4.69, 9.17) is 14.2 Å². The molecule has 2 rings (SSSR count). The zero-order valence-electron chi connectivity index (χ0n) is 21.5. The highest BCUT2D eigenvalue weighted by atomic mass is 16.6. The highest BCUT2D eigenvalue weighted by Gasteiger charge is 2.46.